The number of nitrogens with one attached hydrogen (secondary N) is 1. The van der Waals surface area contributed by atoms with Crippen LogP contribution in [-0.2, 0) is 0 Å². The van der Waals surface area contributed by atoms with Gasteiger partial charge < -0.3 is 15.0 Å². The summed E-state index contributed by atoms with van der Waals surface area (Å²) < 4.78 is 5.82. The Morgan fingerprint density at radius 3 is 2.83 bits per heavy atom. The third-order valence-corrected chi connectivity index (χ3v) is 4.51. The number of hydrogen-bond donors (Lipinski definition) is 1. The molecule has 2 heterocycles. The van der Waals surface area contributed by atoms with E-state index in [9.17, 15) is 4.79 Å². The largest absolute Gasteiger partial charge is 0.472 e. The lowest BCUT2D eigenvalue weighted by atomic mass is 10.3. The van der Waals surface area contributed by atoms with Crippen LogP contribution >= 0.6 is 23.2 Å². The Morgan fingerprint density at radius 2 is 2.12 bits per heavy atom. The number of carbonyl (C=O) groups excluding carboxylic acids is 1. The van der Waals surface area contributed by atoms with Crippen LogP contribution in [0.15, 0.2) is 36.5 Å². The third-order valence-electron chi connectivity index (χ3n) is 3.77. The Bertz CT molecular complexity index is 737. The summed E-state index contributed by atoms with van der Waals surface area (Å²) in [4.78, 5) is 18.3. The Hall–Kier alpha value is -1.98. The average Bonchev–Trinajstić information content (AvgIpc) is 3.02. The highest BCUT2D eigenvalue weighted by Gasteiger charge is 2.28. The second-order valence-electron chi connectivity index (χ2n) is 5.71. The SMILES string of the molecule is Cc1ccc(O[C@H]2CCN(C(=O)Nc3ccc(Cl)c(Cl)c3)C2)nc1. The molecule has 126 valence electrons. The Kier molecular flexibility index (Phi) is 5.11. The second kappa shape index (κ2) is 7.28. The minimum atomic E-state index is -0.184. The van der Waals surface area contributed by atoms with Crippen molar-refractivity contribution in [1.29, 1.82) is 0 Å². The lowest BCUT2D eigenvalue weighted by Gasteiger charge is -2.18. The van der Waals surface area contributed by atoms with Gasteiger partial charge in [0.05, 0.1) is 16.6 Å². The normalized spacial score (nSPS) is 17.0. The molecule has 1 atom stereocenters. The number of amides is 2. The maximum absolute atomic E-state index is 12.3. The van der Waals surface area contributed by atoms with Crippen molar-refractivity contribution in [3.63, 3.8) is 0 Å². The summed E-state index contributed by atoms with van der Waals surface area (Å²) >= 11 is 11.8. The minimum Gasteiger partial charge on any atom is -0.472 e. The fraction of sp³-hybridized carbons (Fsp3) is 0.294. The van der Waals surface area contributed by atoms with Gasteiger partial charge in [0.1, 0.15) is 6.10 Å². The first-order chi connectivity index (χ1) is 11.5. The molecule has 1 aromatic heterocycles. The predicted molar refractivity (Wildman–Crippen MR) is 95.1 cm³/mol. The van der Waals surface area contributed by atoms with Gasteiger partial charge in [0.15, 0.2) is 0 Å². The molecule has 1 aliphatic rings. The molecular weight excluding hydrogens is 349 g/mol. The highest BCUT2D eigenvalue weighted by atomic mass is 35.5. The van der Waals surface area contributed by atoms with Gasteiger partial charge in [-0.2, -0.15) is 0 Å². The van der Waals surface area contributed by atoms with Crippen molar-refractivity contribution in [1.82, 2.24) is 9.88 Å². The number of hydrogen-bond acceptors (Lipinski definition) is 3. The number of benzene rings is 1. The van der Waals surface area contributed by atoms with Gasteiger partial charge in [-0.15, -0.1) is 0 Å². The van der Waals surface area contributed by atoms with Crippen molar-refractivity contribution in [2.45, 2.75) is 19.4 Å². The molecule has 0 radical (unpaired) electrons. The summed E-state index contributed by atoms with van der Waals surface area (Å²) in [5.41, 5.74) is 1.69. The Balaban J connectivity index is 1.55. The van der Waals surface area contributed by atoms with Crippen molar-refractivity contribution in [3.05, 3.63) is 52.1 Å². The number of carbonyl (C=O) groups is 1. The maximum Gasteiger partial charge on any atom is 0.321 e. The number of aromatic nitrogens is 1. The third kappa shape index (κ3) is 4.10. The number of rotatable bonds is 3. The van der Waals surface area contributed by atoms with Crippen LogP contribution in [0.2, 0.25) is 10.0 Å². The molecule has 0 bridgehead atoms. The fourth-order valence-corrected chi connectivity index (χ4v) is 2.78. The number of likely N-dealkylation sites (tertiary alicyclic amines) is 1. The molecule has 1 saturated heterocycles. The number of aryl methyl sites for hydroxylation is 1. The topological polar surface area (TPSA) is 54.5 Å². The van der Waals surface area contributed by atoms with Gasteiger partial charge in [-0.3, -0.25) is 0 Å². The molecule has 24 heavy (non-hydrogen) atoms. The molecule has 2 aromatic rings. The van der Waals surface area contributed by atoms with E-state index in [1.165, 1.54) is 0 Å². The van der Waals surface area contributed by atoms with E-state index in [0.29, 0.717) is 34.7 Å². The molecule has 0 saturated carbocycles. The first-order valence-electron chi connectivity index (χ1n) is 7.61. The van der Waals surface area contributed by atoms with Crippen LogP contribution in [0.3, 0.4) is 0 Å². The van der Waals surface area contributed by atoms with Gasteiger partial charge >= 0.3 is 6.03 Å². The van der Waals surface area contributed by atoms with Crippen molar-refractivity contribution in [3.8, 4) is 5.88 Å². The van der Waals surface area contributed by atoms with E-state index >= 15 is 0 Å². The van der Waals surface area contributed by atoms with Gasteiger partial charge in [0.2, 0.25) is 5.88 Å². The van der Waals surface area contributed by atoms with Crippen LogP contribution in [0.25, 0.3) is 0 Å². The van der Waals surface area contributed by atoms with Crippen LogP contribution in [-0.4, -0.2) is 35.1 Å². The van der Waals surface area contributed by atoms with Crippen LogP contribution in [0.1, 0.15) is 12.0 Å². The van der Waals surface area contributed by atoms with E-state index in [1.54, 1.807) is 29.3 Å². The van der Waals surface area contributed by atoms with Gasteiger partial charge in [-0.25, -0.2) is 9.78 Å². The summed E-state index contributed by atoms with van der Waals surface area (Å²) in [5, 5.41) is 3.68. The Morgan fingerprint density at radius 1 is 1.29 bits per heavy atom. The summed E-state index contributed by atoms with van der Waals surface area (Å²) in [6, 6.07) is 8.60. The van der Waals surface area contributed by atoms with E-state index in [1.807, 2.05) is 19.1 Å². The van der Waals surface area contributed by atoms with Crippen LogP contribution in [0.5, 0.6) is 5.88 Å². The highest BCUT2D eigenvalue weighted by Crippen LogP contribution is 2.25. The number of halogens is 2. The van der Waals surface area contributed by atoms with Gasteiger partial charge in [0.25, 0.3) is 0 Å². The van der Waals surface area contributed by atoms with Gasteiger partial charge in [-0.05, 0) is 30.7 Å². The zero-order valence-corrected chi connectivity index (χ0v) is 14.6. The van der Waals surface area contributed by atoms with E-state index < -0.39 is 0 Å². The fourth-order valence-electron chi connectivity index (χ4n) is 2.48. The summed E-state index contributed by atoms with van der Waals surface area (Å²) in [6.07, 6.45) is 2.48. The number of ether oxygens (including phenoxy) is 1. The molecule has 0 unspecified atom stereocenters. The first kappa shape index (κ1) is 16.9. The standard InChI is InChI=1S/C17H17Cl2N3O2/c1-11-2-5-16(20-9-11)24-13-6-7-22(10-13)17(23)21-12-3-4-14(18)15(19)8-12/h2-5,8-9,13H,6-7,10H2,1H3,(H,21,23)/t13-/m0/s1. The molecular formula is C17H17Cl2N3O2. The average molecular weight is 366 g/mol. The Labute approximate surface area is 150 Å². The number of anilines is 1. The molecule has 3 rings (SSSR count). The molecule has 0 spiro atoms. The van der Waals surface area contributed by atoms with E-state index in [0.717, 1.165) is 12.0 Å². The van der Waals surface area contributed by atoms with Gasteiger partial charge in [-0.1, -0.05) is 29.3 Å². The second-order valence-corrected chi connectivity index (χ2v) is 6.52. The molecule has 1 N–H and O–H groups in total. The van der Waals surface area contributed by atoms with Crippen molar-refractivity contribution >= 4 is 34.9 Å². The summed E-state index contributed by atoms with van der Waals surface area (Å²) in [7, 11) is 0. The maximum atomic E-state index is 12.3. The highest BCUT2D eigenvalue weighted by molar-refractivity contribution is 6.42. The molecule has 1 fully saturated rings. The first-order valence-corrected chi connectivity index (χ1v) is 8.37. The monoisotopic (exact) mass is 365 g/mol. The molecule has 1 aliphatic heterocycles. The molecule has 5 nitrogen and oxygen atoms in total. The van der Waals surface area contributed by atoms with Crippen LogP contribution < -0.4 is 10.1 Å². The van der Waals surface area contributed by atoms with Gasteiger partial charge in [0, 0.05) is 30.9 Å². The van der Waals surface area contributed by atoms with Crippen molar-refractivity contribution < 1.29 is 9.53 Å². The molecule has 1 aromatic carbocycles. The number of pyridine rings is 1. The lowest BCUT2D eigenvalue weighted by molar-refractivity contribution is 0.190. The minimum absolute atomic E-state index is 0.0558. The number of nitrogens with zero attached hydrogens (tertiary/aromatic N) is 2. The molecule has 2 amide bonds. The van der Waals surface area contributed by atoms with Crippen LogP contribution in [0, 0.1) is 6.92 Å². The smallest absolute Gasteiger partial charge is 0.321 e. The van der Waals surface area contributed by atoms with Crippen molar-refractivity contribution in [2.24, 2.45) is 0 Å². The summed E-state index contributed by atoms with van der Waals surface area (Å²) in [6.45, 7) is 3.12. The lowest BCUT2D eigenvalue weighted by Crippen LogP contribution is -2.34. The van der Waals surface area contributed by atoms with Crippen molar-refractivity contribution in [2.75, 3.05) is 18.4 Å². The predicted octanol–water partition coefficient (Wildman–Crippen LogP) is 4.38. The van der Waals surface area contributed by atoms with E-state index in [2.05, 4.69) is 10.3 Å². The quantitative estimate of drug-likeness (QED) is 0.877. The van der Waals surface area contributed by atoms with E-state index in [4.69, 9.17) is 27.9 Å². The summed E-state index contributed by atoms with van der Waals surface area (Å²) in [5.74, 6) is 0.581. The molecule has 0 aliphatic carbocycles. The van der Waals surface area contributed by atoms with E-state index in [-0.39, 0.29) is 12.1 Å². The van der Waals surface area contributed by atoms with Crippen LogP contribution in [0.4, 0.5) is 10.5 Å². The zero-order chi connectivity index (χ0) is 17.1. The number of urea groups is 1. The molecule has 7 heteroatoms. The zero-order valence-electron chi connectivity index (χ0n) is 13.1.